The van der Waals surface area contributed by atoms with Crippen molar-refractivity contribution >= 4 is 44.1 Å². The maximum Gasteiger partial charge on any atom is 0.241 e. The largest absolute Gasteiger partial charge is 0.351 e. The predicted molar refractivity (Wildman–Crippen MR) is 92.9 cm³/mol. The average Bonchev–Trinajstić information content (AvgIpc) is 2.47. The second-order valence-electron chi connectivity index (χ2n) is 5.45. The van der Waals surface area contributed by atoms with E-state index in [1.165, 1.54) is 6.07 Å². The summed E-state index contributed by atoms with van der Waals surface area (Å²) < 4.78 is 36.6. The summed E-state index contributed by atoms with van der Waals surface area (Å²) in [5.74, 6) is -0.939. The van der Waals surface area contributed by atoms with Gasteiger partial charge in [0.15, 0.2) is 14.6 Å². The van der Waals surface area contributed by atoms with Crippen molar-refractivity contribution in [1.82, 2.24) is 10.6 Å². The van der Waals surface area contributed by atoms with Gasteiger partial charge in [0, 0.05) is 12.8 Å². The van der Waals surface area contributed by atoms with Crippen LogP contribution < -0.4 is 10.6 Å². The van der Waals surface area contributed by atoms with Gasteiger partial charge >= 0.3 is 0 Å². The number of carbonyl (C=O) groups is 1. The number of rotatable bonds is 4. The van der Waals surface area contributed by atoms with E-state index in [9.17, 15) is 17.6 Å². The molecule has 130 valence electrons. The van der Waals surface area contributed by atoms with Gasteiger partial charge in [0.1, 0.15) is 5.82 Å². The molecule has 23 heavy (non-hydrogen) atoms. The lowest BCUT2D eigenvalue weighted by molar-refractivity contribution is -0.124. The highest BCUT2D eigenvalue weighted by Gasteiger charge is 2.48. The third kappa shape index (κ3) is 4.43. The van der Waals surface area contributed by atoms with E-state index in [4.69, 9.17) is 0 Å². The SMILES string of the molecule is CS(=O)(=O)C1(C(=O)NCc2ccc(Br)c(F)c2)CCNCC1.Cl. The van der Waals surface area contributed by atoms with E-state index in [0.717, 1.165) is 6.26 Å². The first kappa shape index (κ1) is 20.3. The molecule has 1 aliphatic heterocycles. The number of hydrogen-bond donors (Lipinski definition) is 2. The fourth-order valence-electron chi connectivity index (χ4n) is 2.59. The fourth-order valence-corrected chi connectivity index (χ4v) is 4.19. The summed E-state index contributed by atoms with van der Waals surface area (Å²) in [5.41, 5.74) is 0.576. The third-order valence-corrected chi connectivity index (χ3v) is 6.63. The van der Waals surface area contributed by atoms with Crippen LogP contribution in [-0.2, 0) is 21.2 Å². The van der Waals surface area contributed by atoms with Gasteiger partial charge in [-0.15, -0.1) is 12.4 Å². The van der Waals surface area contributed by atoms with Crippen molar-refractivity contribution < 1.29 is 17.6 Å². The molecule has 0 radical (unpaired) electrons. The Morgan fingerprint density at radius 1 is 1.39 bits per heavy atom. The molecule has 1 aromatic rings. The van der Waals surface area contributed by atoms with Gasteiger partial charge in [-0.3, -0.25) is 4.79 Å². The molecule has 1 saturated heterocycles. The molecule has 1 amide bonds. The number of carbonyl (C=O) groups excluding carboxylic acids is 1. The molecule has 1 fully saturated rings. The van der Waals surface area contributed by atoms with Crippen molar-refractivity contribution in [1.29, 1.82) is 0 Å². The van der Waals surface area contributed by atoms with Crippen LogP contribution in [0.25, 0.3) is 0 Å². The number of amides is 1. The molecule has 5 nitrogen and oxygen atoms in total. The summed E-state index contributed by atoms with van der Waals surface area (Å²) in [4.78, 5) is 12.5. The van der Waals surface area contributed by atoms with Crippen LogP contribution in [0.5, 0.6) is 0 Å². The molecule has 1 aliphatic rings. The fraction of sp³-hybridized carbons (Fsp3) is 0.500. The molecule has 2 rings (SSSR count). The first-order valence-corrected chi connectivity index (χ1v) is 9.57. The summed E-state index contributed by atoms with van der Waals surface area (Å²) in [6.07, 6.45) is 1.58. The number of nitrogens with one attached hydrogen (secondary N) is 2. The van der Waals surface area contributed by atoms with E-state index in [1.54, 1.807) is 12.1 Å². The number of hydrogen-bond acceptors (Lipinski definition) is 4. The smallest absolute Gasteiger partial charge is 0.241 e. The lowest BCUT2D eigenvalue weighted by Gasteiger charge is -2.34. The minimum Gasteiger partial charge on any atom is -0.351 e. The Hall–Kier alpha value is -0.700. The molecule has 2 N–H and O–H groups in total. The van der Waals surface area contributed by atoms with E-state index in [1.807, 2.05) is 0 Å². The molecule has 0 saturated carbocycles. The predicted octanol–water partition coefficient (Wildman–Crippen LogP) is 1.79. The molecular formula is C14H19BrClFN2O3S. The minimum absolute atomic E-state index is 0. The molecule has 0 unspecified atom stereocenters. The average molecular weight is 430 g/mol. The van der Waals surface area contributed by atoms with Gasteiger partial charge in [-0.25, -0.2) is 12.8 Å². The third-order valence-electron chi connectivity index (χ3n) is 3.97. The summed E-state index contributed by atoms with van der Waals surface area (Å²) in [6, 6.07) is 4.52. The highest BCUT2D eigenvalue weighted by Crippen LogP contribution is 2.28. The standard InChI is InChI=1S/C14H18BrFN2O3S.ClH/c1-22(20,21)14(4-6-17-7-5-14)13(19)18-9-10-2-3-11(15)12(16)8-10;/h2-3,8,17H,4-7,9H2,1H3,(H,18,19);1H. The Balaban J connectivity index is 0.00000264. The Bertz CT molecular complexity index is 679. The number of sulfone groups is 1. The Labute approximate surface area is 149 Å². The van der Waals surface area contributed by atoms with Gasteiger partial charge in [0.05, 0.1) is 4.47 Å². The van der Waals surface area contributed by atoms with Gasteiger partial charge in [-0.05, 0) is 59.6 Å². The van der Waals surface area contributed by atoms with E-state index >= 15 is 0 Å². The molecular weight excluding hydrogens is 411 g/mol. The van der Waals surface area contributed by atoms with Crippen LogP contribution in [0.15, 0.2) is 22.7 Å². The summed E-state index contributed by atoms with van der Waals surface area (Å²) >= 11 is 3.06. The van der Waals surface area contributed by atoms with Gasteiger partial charge < -0.3 is 10.6 Å². The molecule has 0 spiro atoms. The van der Waals surface area contributed by atoms with Crippen LogP contribution in [0.1, 0.15) is 18.4 Å². The zero-order valence-electron chi connectivity index (χ0n) is 12.6. The number of halogens is 3. The van der Waals surface area contributed by atoms with Crippen LogP contribution in [-0.4, -0.2) is 38.4 Å². The second kappa shape index (κ2) is 7.92. The van der Waals surface area contributed by atoms with Crippen molar-refractivity contribution in [2.45, 2.75) is 24.1 Å². The summed E-state index contributed by atoms with van der Waals surface area (Å²) in [7, 11) is -3.54. The Morgan fingerprint density at radius 3 is 2.52 bits per heavy atom. The first-order chi connectivity index (χ1) is 10.3. The molecule has 1 aromatic carbocycles. The van der Waals surface area contributed by atoms with E-state index in [0.29, 0.717) is 23.1 Å². The van der Waals surface area contributed by atoms with Crippen LogP contribution in [0.3, 0.4) is 0 Å². The van der Waals surface area contributed by atoms with Gasteiger partial charge in [-0.1, -0.05) is 6.07 Å². The van der Waals surface area contributed by atoms with E-state index in [-0.39, 0.29) is 31.8 Å². The first-order valence-electron chi connectivity index (χ1n) is 6.89. The highest BCUT2D eigenvalue weighted by atomic mass is 79.9. The number of benzene rings is 1. The summed E-state index contributed by atoms with van der Waals surface area (Å²) in [6.45, 7) is 1.05. The lowest BCUT2D eigenvalue weighted by Crippen LogP contribution is -2.57. The molecule has 0 atom stereocenters. The molecule has 9 heteroatoms. The highest BCUT2D eigenvalue weighted by molar-refractivity contribution is 9.10. The Kier molecular flexibility index (Phi) is 7.00. The molecule has 0 bridgehead atoms. The number of piperidine rings is 1. The van der Waals surface area contributed by atoms with Gasteiger partial charge in [0.25, 0.3) is 0 Å². The van der Waals surface area contributed by atoms with Crippen molar-refractivity contribution in [3.05, 3.63) is 34.1 Å². The zero-order valence-corrected chi connectivity index (χ0v) is 15.8. The van der Waals surface area contributed by atoms with Crippen LogP contribution in [0.4, 0.5) is 4.39 Å². The molecule has 0 aromatic heterocycles. The normalized spacial score (nSPS) is 17.2. The second-order valence-corrected chi connectivity index (χ2v) is 8.63. The van der Waals surface area contributed by atoms with Gasteiger partial charge in [0.2, 0.25) is 5.91 Å². The summed E-state index contributed by atoms with van der Waals surface area (Å²) in [5, 5.41) is 5.69. The molecule has 0 aliphatic carbocycles. The van der Waals surface area contributed by atoms with Crippen LogP contribution in [0, 0.1) is 5.82 Å². The maximum atomic E-state index is 13.5. The van der Waals surface area contributed by atoms with Crippen molar-refractivity contribution in [2.24, 2.45) is 0 Å². The van der Waals surface area contributed by atoms with E-state index < -0.39 is 26.3 Å². The maximum absolute atomic E-state index is 13.5. The van der Waals surface area contributed by atoms with Crippen molar-refractivity contribution in [3.8, 4) is 0 Å². The van der Waals surface area contributed by atoms with Crippen molar-refractivity contribution in [2.75, 3.05) is 19.3 Å². The Morgan fingerprint density at radius 2 is 2.00 bits per heavy atom. The monoisotopic (exact) mass is 428 g/mol. The zero-order chi connectivity index (χ0) is 16.4. The van der Waals surface area contributed by atoms with Crippen LogP contribution in [0.2, 0.25) is 0 Å². The quantitative estimate of drug-likeness (QED) is 0.765. The lowest BCUT2D eigenvalue weighted by atomic mass is 9.95. The van der Waals surface area contributed by atoms with Gasteiger partial charge in [-0.2, -0.15) is 0 Å². The topological polar surface area (TPSA) is 75.3 Å². The van der Waals surface area contributed by atoms with Crippen molar-refractivity contribution in [3.63, 3.8) is 0 Å². The molecule has 1 heterocycles. The minimum atomic E-state index is -3.54. The van der Waals surface area contributed by atoms with Crippen LogP contribution >= 0.6 is 28.3 Å². The van der Waals surface area contributed by atoms with E-state index in [2.05, 4.69) is 26.6 Å².